The standard InChI is InChI=1S/C18H17ClN2O3/c1-11-20-15-9-6-13(10-16(15)23-11)21-17(22)18(2,3)24-14-7-4-12(19)5-8-14/h4-10H,1-3H3,(H,21,22). The van der Waals surface area contributed by atoms with Crippen LogP contribution in [0.4, 0.5) is 5.69 Å². The summed E-state index contributed by atoms with van der Waals surface area (Å²) in [5.74, 6) is 0.883. The van der Waals surface area contributed by atoms with E-state index in [9.17, 15) is 4.79 Å². The molecule has 2 aromatic carbocycles. The van der Waals surface area contributed by atoms with Gasteiger partial charge >= 0.3 is 0 Å². The van der Waals surface area contributed by atoms with Crippen LogP contribution < -0.4 is 10.1 Å². The fourth-order valence-electron chi connectivity index (χ4n) is 2.24. The average Bonchev–Trinajstić information content (AvgIpc) is 2.88. The number of hydrogen-bond acceptors (Lipinski definition) is 4. The minimum Gasteiger partial charge on any atom is -0.478 e. The van der Waals surface area contributed by atoms with Crippen molar-refractivity contribution >= 4 is 34.3 Å². The van der Waals surface area contributed by atoms with E-state index in [2.05, 4.69) is 10.3 Å². The average molecular weight is 345 g/mol. The highest BCUT2D eigenvalue weighted by atomic mass is 35.5. The maximum Gasteiger partial charge on any atom is 0.267 e. The molecule has 3 rings (SSSR count). The number of carbonyl (C=O) groups excluding carboxylic acids is 1. The molecule has 1 aromatic heterocycles. The molecule has 0 aliphatic carbocycles. The van der Waals surface area contributed by atoms with E-state index in [0.29, 0.717) is 27.9 Å². The van der Waals surface area contributed by atoms with Gasteiger partial charge in [0.2, 0.25) is 0 Å². The number of amides is 1. The zero-order chi connectivity index (χ0) is 17.3. The van der Waals surface area contributed by atoms with Crippen molar-refractivity contribution in [3.63, 3.8) is 0 Å². The molecule has 0 unspecified atom stereocenters. The number of fused-ring (bicyclic) bond motifs is 1. The molecule has 0 radical (unpaired) electrons. The minimum atomic E-state index is -1.06. The maximum atomic E-state index is 12.5. The van der Waals surface area contributed by atoms with Gasteiger partial charge in [0.1, 0.15) is 11.3 Å². The summed E-state index contributed by atoms with van der Waals surface area (Å²) in [5.41, 5.74) is 0.945. The summed E-state index contributed by atoms with van der Waals surface area (Å²) in [5, 5.41) is 3.45. The first kappa shape index (κ1) is 16.3. The van der Waals surface area contributed by atoms with Crippen molar-refractivity contribution in [3.05, 3.63) is 53.4 Å². The highest BCUT2D eigenvalue weighted by molar-refractivity contribution is 6.30. The molecule has 1 N–H and O–H groups in total. The molecular weight excluding hydrogens is 328 g/mol. The monoisotopic (exact) mass is 344 g/mol. The Morgan fingerprint density at radius 2 is 1.92 bits per heavy atom. The minimum absolute atomic E-state index is 0.270. The molecule has 5 nitrogen and oxygen atoms in total. The van der Waals surface area contributed by atoms with Crippen LogP contribution in [0.5, 0.6) is 5.75 Å². The van der Waals surface area contributed by atoms with E-state index < -0.39 is 5.60 Å². The molecule has 1 heterocycles. The second kappa shape index (κ2) is 6.17. The molecule has 0 saturated heterocycles. The Balaban J connectivity index is 1.74. The number of anilines is 1. The second-order valence-electron chi connectivity index (χ2n) is 5.94. The van der Waals surface area contributed by atoms with Gasteiger partial charge in [0.25, 0.3) is 5.91 Å². The summed E-state index contributed by atoms with van der Waals surface area (Å²) in [6.45, 7) is 5.18. The summed E-state index contributed by atoms with van der Waals surface area (Å²) in [6.07, 6.45) is 0. The van der Waals surface area contributed by atoms with Crippen LogP contribution in [0.3, 0.4) is 0 Å². The Bertz CT molecular complexity index is 885. The SMILES string of the molecule is Cc1nc2ccc(NC(=O)C(C)(C)Oc3ccc(Cl)cc3)cc2o1. The van der Waals surface area contributed by atoms with Gasteiger partial charge in [-0.25, -0.2) is 4.98 Å². The number of nitrogens with one attached hydrogen (secondary N) is 1. The van der Waals surface area contributed by atoms with Crippen molar-refractivity contribution in [3.8, 4) is 5.75 Å². The van der Waals surface area contributed by atoms with E-state index in [4.69, 9.17) is 20.8 Å². The van der Waals surface area contributed by atoms with Crippen LogP contribution in [-0.4, -0.2) is 16.5 Å². The molecule has 0 atom stereocenters. The summed E-state index contributed by atoms with van der Waals surface area (Å²) in [4.78, 5) is 16.8. The molecule has 0 aliphatic heterocycles. The molecule has 0 bridgehead atoms. The predicted octanol–water partition coefficient (Wildman–Crippen LogP) is 4.59. The quantitative estimate of drug-likeness (QED) is 0.752. The normalized spacial score (nSPS) is 11.5. The fourth-order valence-corrected chi connectivity index (χ4v) is 2.37. The molecule has 0 spiro atoms. The van der Waals surface area contributed by atoms with Gasteiger partial charge in [0, 0.05) is 23.7 Å². The van der Waals surface area contributed by atoms with Gasteiger partial charge in [0.15, 0.2) is 17.1 Å². The molecule has 0 fully saturated rings. The summed E-state index contributed by atoms with van der Waals surface area (Å²) in [7, 11) is 0. The first-order valence-corrected chi connectivity index (χ1v) is 7.84. The highest BCUT2D eigenvalue weighted by Crippen LogP contribution is 2.24. The lowest BCUT2D eigenvalue weighted by Crippen LogP contribution is -2.42. The number of ether oxygens (including phenoxy) is 1. The number of oxazole rings is 1. The number of nitrogens with zero attached hydrogens (tertiary/aromatic N) is 1. The van der Waals surface area contributed by atoms with Crippen molar-refractivity contribution in [2.24, 2.45) is 0 Å². The molecular formula is C18H17ClN2O3. The third-order valence-electron chi connectivity index (χ3n) is 3.49. The lowest BCUT2D eigenvalue weighted by Gasteiger charge is -2.25. The Morgan fingerprint density at radius 1 is 1.21 bits per heavy atom. The molecule has 0 saturated carbocycles. The highest BCUT2D eigenvalue weighted by Gasteiger charge is 2.30. The first-order valence-electron chi connectivity index (χ1n) is 7.47. The molecule has 24 heavy (non-hydrogen) atoms. The van der Waals surface area contributed by atoms with Crippen LogP contribution in [0.25, 0.3) is 11.1 Å². The zero-order valence-corrected chi connectivity index (χ0v) is 14.3. The van der Waals surface area contributed by atoms with Crippen LogP contribution in [0.15, 0.2) is 46.9 Å². The third kappa shape index (κ3) is 3.51. The lowest BCUT2D eigenvalue weighted by molar-refractivity contribution is -0.128. The van der Waals surface area contributed by atoms with E-state index in [1.807, 2.05) is 0 Å². The number of carbonyl (C=O) groups is 1. The van der Waals surface area contributed by atoms with Gasteiger partial charge < -0.3 is 14.5 Å². The van der Waals surface area contributed by atoms with Crippen molar-refractivity contribution in [1.29, 1.82) is 0 Å². The van der Waals surface area contributed by atoms with Crippen LogP contribution in [0.1, 0.15) is 19.7 Å². The van der Waals surface area contributed by atoms with E-state index in [0.717, 1.165) is 5.52 Å². The number of hydrogen-bond donors (Lipinski definition) is 1. The number of aryl methyl sites for hydroxylation is 1. The van der Waals surface area contributed by atoms with Crippen LogP contribution in [0, 0.1) is 6.92 Å². The summed E-state index contributed by atoms with van der Waals surface area (Å²) >= 11 is 5.85. The van der Waals surface area contributed by atoms with Crippen LogP contribution in [0.2, 0.25) is 5.02 Å². The van der Waals surface area contributed by atoms with E-state index in [-0.39, 0.29) is 5.91 Å². The Morgan fingerprint density at radius 3 is 2.62 bits per heavy atom. The molecule has 0 aliphatic rings. The van der Waals surface area contributed by atoms with Crippen molar-refractivity contribution in [2.75, 3.05) is 5.32 Å². The van der Waals surface area contributed by atoms with Gasteiger partial charge in [-0.1, -0.05) is 11.6 Å². The van der Waals surface area contributed by atoms with E-state index >= 15 is 0 Å². The van der Waals surface area contributed by atoms with Crippen molar-refractivity contribution < 1.29 is 13.9 Å². The van der Waals surface area contributed by atoms with Gasteiger partial charge in [-0.05, 0) is 50.2 Å². The Labute approximate surface area is 144 Å². The summed E-state index contributed by atoms with van der Waals surface area (Å²) < 4.78 is 11.3. The smallest absolute Gasteiger partial charge is 0.267 e. The number of rotatable bonds is 4. The Hall–Kier alpha value is -2.53. The second-order valence-corrected chi connectivity index (χ2v) is 6.37. The third-order valence-corrected chi connectivity index (χ3v) is 3.74. The van der Waals surface area contributed by atoms with Gasteiger partial charge in [-0.2, -0.15) is 0 Å². The number of benzene rings is 2. The van der Waals surface area contributed by atoms with Crippen LogP contribution in [-0.2, 0) is 4.79 Å². The molecule has 124 valence electrons. The fraction of sp³-hybridized carbons (Fsp3) is 0.222. The van der Waals surface area contributed by atoms with Crippen LogP contribution >= 0.6 is 11.6 Å². The summed E-state index contributed by atoms with van der Waals surface area (Å²) in [6, 6.07) is 12.2. The van der Waals surface area contributed by atoms with Gasteiger partial charge in [-0.15, -0.1) is 0 Å². The lowest BCUT2D eigenvalue weighted by atomic mass is 10.1. The zero-order valence-electron chi connectivity index (χ0n) is 13.6. The number of aromatic nitrogens is 1. The first-order chi connectivity index (χ1) is 11.3. The van der Waals surface area contributed by atoms with Crippen molar-refractivity contribution in [1.82, 2.24) is 4.98 Å². The van der Waals surface area contributed by atoms with E-state index in [1.165, 1.54) is 0 Å². The predicted molar refractivity (Wildman–Crippen MR) is 93.5 cm³/mol. The van der Waals surface area contributed by atoms with Gasteiger partial charge in [-0.3, -0.25) is 4.79 Å². The molecule has 3 aromatic rings. The maximum absolute atomic E-state index is 12.5. The molecule has 6 heteroatoms. The van der Waals surface area contributed by atoms with Crippen molar-refractivity contribution in [2.45, 2.75) is 26.4 Å². The molecule has 1 amide bonds. The largest absolute Gasteiger partial charge is 0.478 e. The Kier molecular flexibility index (Phi) is 4.20. The van der Waals surface area contributed by atoms with Gasteiger partial charge in [0.05, 0.1) is 0 Å². The number of halogens is 1. The topological polar surface area (TPSA) is 64.4 Å². The van der Waals surface area contributed by atoms with E-state index in [1.54, 1.807) is 63.2 Å².